The van der Waals surface area contributed by atoms with Gasteiger partial charge in [-0.25, -0.2) is 4.79 Å². The third-order valence-electron chi connectivity index (χ3n) is 3.53. The number of benzene rings is 1. The van der Waals surface area contributed by atoms with Crippen LogP contribution in [0.3, 0.4) is 0 Å². The van der Waals surface area contributed by atoms with E-state index >= 15 is 0 Å². The van der Waals surface area contributed by atoms with E-state index in [-0.39, 0.29) is 11.3 Å². The van der Waals surface area contributed by atoms with Crippen LogP contribution in [0.15, 0.2) is 30.9 Å². The molecular weight excluding hydrogens is 340 g/mol. The SMILES string of the molecule is C=CC(O)c1cc(OCCCNC(=O)OCCC(C)C)ccc1[N+](=O)[O-]. The Morgan fingerprint density at radius 3 is 2.77 bits per heavy atom. The Balaban J connectivity index is 2.40. The number of carbonyl (C=O) groups excluding carboxylic acids is 1. The normalized spacial score (nSPS) is 11.7. The zero-order valence-electron chi connectivity index (χ0n) is 15.1. The molecule has 1 aromatic carbocycles. The molecule has 1 unspecified atom stereocenters. The van der Waals surface area contributed by atoms with Crippen LogP contribution in [0.1, 0.15) is 38.4 Å². The van der Waals surface area contributed by atoms with Crippen LogP contribution in [0.5, 0.6) is 5.75 Å². The molecule has 0 saturated carbocycles. The maximum atomic E-state index is 11.4. The zero-order valence-corrected chi connectivity index (χ0v) is 15.1. The van der Waals surface area contributed by atoms with E-state index in [9.17, 15) is 20.0 Å². The first-order valence-electron chi connectivity index (χ1n) is 8.47. The number of aliphatic hydroxyl groups is 1. The second kappa shape index (κ2) is 11.1. The van der Waals surface area contributed by atoms with E-state index in [0.717, 1.165) is 6.42 Å². The lowest BCUT2D eigenvalue weighted by atomic mass is 10.1. The van der Waals surface area contributed by atoms with E-state index in [2.05, 4.69) is 25.7 Å². The summed E-state index contributed by atoms with van der Waals surface area (Å²) in [5.74, 6) is 0.869. The van der Waals surface area contributed by atoms with E-state index in [0.29, 0.717) is 37.8 Å². The van der Waals surface area contributed by atoms with E-state index in [1.165, 1.54) is 24.3 Å². The minimum absolute atomic E-state index is 0.120. The van der Waals surface area contributed by atoms with E-state index in [1.807, 2.05) is 0 Å². The first-order chi connectivity index (χ1) is 12.3. The first-order valence-corrected chi connectivity index (χ1v) is 8.47. The number of nitrogens with zero attached hydrogens (tertiary/aromatic N) is 1. The number of hydrogen-bond acceptors (Lipinski definition) is 6. The molecule has 0 aromatic heterocycles. The van der Waals surface area contributed by atoms with Crippen molar-refractivity contribution in [1.82, 2.24) is 5.32 Å². The van der Waals surface area contributed by atoms with Gasteiger partial charge in [-0.1, -0.05) is 19.9 Å². The zero-order chi connectivity index (χ0) is 19.5. The van der Waals surface area contributed by atoms with Crippen molar-refractivity contribution in [3.63, 3.8) is 0 Å². The summed E-state index contributed by atoms with van der Waals surface area (Å²) in [7, 11) is 0. The quantitative estimate of drug-likeness (QED) is 0.269. The van der Waals surface area contributed by atoms with Gasteiger partial charge in [0.15, 0.2) is 0 Å². The molecule has 0 bridgehead atoms. The summed E-state index contributed by atoms with van der Waals surface area (Å²) in [5.41, 5.74) is -0.0788. The Kier molecular flexibility index (Phi) is 9.14. The average Bonchev–Trinajstić information content (AvgIpc) is 2.60. The lowest BCUT2D eigenvalue weighted by molar-refractivity contribution is -0.386. The summed E-state index contributed by atoms with van der Waals surface area (Å²) in [4.78, 5) is 21.9. The predicted octanol–water partition coefficient (Wildman–Crippen LogP) is 3.36. The van der Waals surface area contributed by atoms with Crippen LogP contribution in [-0.4, -0.2) is 35.9 Å². The van der Waals surface area contributed by atoms with Gasteiger partial charge in [-0.2, -0.15) is 0 Å². The Labute approximate surface area is 153 Å². The Hall–Kier alpha value is -2.61. The second-order valence-corrected chi connectivity index (χ2v) is 6.11. The number of carbonyl (C=O) groups is 1. The van der Waals surface area contributed by atoms with Crippen LogP contribution in [0.25, 0.3) is 0 Å². The number of nitro groups is 1. The van der Waals surface area contributed by atoms with E-state index in [1.54, 1.807) is 0 Å². The summed E-state index contributed by atoms with van der Waals surface area (Å²) in [6, 6.07) is 4.16. The van der Waals surface area contributed by atoms with Gasteiger partial charge in [0.05, 0.1) is 23.7 Å². The van der Waals surface area contributed by atoms with Crippen molar-refractivity contribution in [2.24, 2.45) is 5.92 Å². The minimum Gasteiger partial charge on any atom is -0.494 e. The molecule has 0 spiro atoms. The molecule has 1 amide bonds. The maximum absolute atomic E-state index is 11.4. The number of nitrogens with one attached hydrogen (secondary N) is 1. The van der Waals surface area contributed by atoms with E-state index < -0.39 is 17.1 Å². The summed E-state index contributed by atoms with van der Waals surface area (Å²) in [6.07, 6.45) is 0.949. The number of ether oxygens (including phenoxy) is 2. The number of amides is 1. The highest BCUT2D eigenvalue weighted by Crippen LogP contribution is 2.29. The van der Waals surface area contributed by atoms with Crippen molar-refractivity contribution < 1.29 is 24.3 Å². The topological polar surface area (TPSA) is 111 Å². The summed E-state index contributed by atoms with van der Waals surface area (Å²) in [5, 5.41) is 23.4. The van der Waals surface area contributed by atoms with Crippen molar-refractivity contribution in [2.45, 2.75) is 32.8 Å². The van der Waals surface area contributed by atoms with Crippen molar-refractivity contribution >= 4 is 11.8 Å². The number of hydrogen-bond donors (Lipinski definition) is 2. The molecule has 0 aliphatic carbocycles. The molecule has 8 nitrogen and oxygen atoms in total. The molecule has 1 atom stereocenters. The molecule has 26 heavy (non-hydrogen) atoms. The molecule has 0 aliphatic heterocycles. The van der Waals surface area contributed by atoms with Gasteiger partial charge >= 0.3 is 6.09 Å². The number of nitro benzene ring substituents is 1. The van der Waals surface area contributed by atoms with Gasteiger partial charge in [0.25, 0.3) is 5.69 Å². The van der Waals surface area contributed by atoms with Gasteiger partial charge in [-0.3, -0.25) is 10.1 Å². The molecule has 0 heterocycles. The third-order valence-corrected chi connectivity index (χ3v) is 3.53. The average molecular weight is 366 g/mol. The standard InChI is InChI=1S/C18H26N2O6/c1-4-17(21)15-12-14(6-7-16(15)20(23)24)25-10-5-9-19-18(22)26-11-8-13(2)3/h4,6-7,12-13,17,21H,1,5,8-11H2,2-3H3,(H,19,22). The molecule has 0 aliphatic rings. The summed E-state index contributed by atoms with van der Waals surface area (Å²) in [6.45, 7) is 8.61. The Morgan fingerprint density at radius 2 is 2.15 bits per heavy atom. The summed E-state index contributed by atoms with van der Waals surface area (Å²) >= 11 is 0. The highest BCUT2D eigenvalue weighted by Gasteiger charge is 2.19. The monoisotopic (exact) mass is 366 g/mol. The lowest BCUT2D eigenvalue weighted by Gasteiger charge is -2.11. The van der Waals surface area contributed by atoms with Crippen LogP contribution >= 0.6 is 0 Å². The van der Waals surface area contributed by atoms with Gasteiger partial charge < -0.3 is 19.9 Å². The maximum Gasteiger partial charge on any atom is 0.407 e. The van der Waals surface area contributed by atoms with Gasteiger partial charge in [-0.05, 0) is 30.9 Å². The Bertz CT molecular complexity index is 618. The van der Waals surface area contributed by atoms with Crippen LogP contribution < -0.4 is 10.1 Å². The fourth-order valence-corrected chi connectivity index (χ4v) is 2.04. The Morgan fingerprint density at radius 1 is 1.42 bits per heavy atom. The smallest absolute Gasteiger partial charge is 0.407 e. The van der Waals surface area contributed by atoms with Crippen molar-refractivity contribution in [3.05, 3.63) is 46.5 Å². The van der Waals surface area contributed by atoms with Crippen LogP contribution in [0.4, 0.5) is 10.5 Å². The van der Waals surface area contributed by atoms with Crippen LogP contribution in [0, 0.1) is 16.0 Å². The molecule has 0 saturated heterocycles. The van der Waals surface area contributed by atoms with Crippen molar-refractivity contribution in [2.75, 3.05) is 19.8 Å². The lowest BCUT2D eigenvalue weighted by Crippen LogP contribution is -2.26. The van der Waals surface area contributed by atoms with Crippen LogP contribution in [0.2, 0.25) is 0 Å². The van der Waals surface area contributed by atoms with Gasteiger partial charge in [-0.15, -0.1) is 6.58 Å². The molecule has 8 heteroatoms. The minimum atomic E-state index is -1.15. The largest absolute Gasteiger partial charge is 0.494 e. The third kappa shape index (κ3) is 7.52. The molecule has 144 valence electrons. The van der Waals surface area contributed by atoms with E-state index in [4.69, 9.17) is 9.47 Å². The van der Waals surface area contributed by atoms with Crippen LogP contribution in [-0.2, 0) is 4.74 Å². The fourth-order valence-electron chi connectivity index (χ4n) is 2.04. The summed E-state index contributed by atoms with van der Waals surface area (Å²) < 4.78 is 10.5. The highest BCUT2D eigenvalue weighted by atomic mass is 16.6. The highest BCUT2D eigenvalue weighted by molar-refractivity contribution is 5.66. The van der Waals surface area contributed by atoms with Gasteiger partial charge in [0.1, 0.15) is 11.9 Å². The molecule has 1 aromatic rings. The number of alkyl carbamates (subject to hydrolysis) is 1. The van der Waals surface area contributed by atoms with Crippen molar-refractivity contribution in [3.8, 4) is 5.75 Å². The van der Waals surface area contributed by atoms with Gasteiger partial charge in [0.2, 0.25) is 0 Å². The van der Waals surface area contributed by atoms with Gasteiger partial charge in [0, 0.05) is 12.6 Å². The predicted molar refractivity (Wildman–Crippen MR) is 97.2 cm³/mol. The molecular formula is C18H26N2O6. The number of aliphatic hydroxyl groups excluding tert-OH is 1. The molecule has 0 fully saturated rings. The number of rotatable bonds is 11. The molecule has 0 radical (unpaired) electrons. The van der Waals surface area contributed by atoms with Crippen molar-refractivity contribution in [1.29, 1.82) is 0 Å². The second-order valence-electron chi connectivity index (χ2n) is 6.11. The molecule has 2 N–H and O–H groups in total. The fraction of sp³-hybridized carbons (Fsp3) is 0.500. The molecule has 1 rings (SSSR count). The first kappa shape index (κ1) is 21.4.